The van der Waals surface area contributed by atoms with Crippen molar-refractivity contribution in [1.82, 2.24) is 14.5 Å². The normalized spacial score (nSPS) is 15.4. The number of para-hydroxylation sites is 1. The monoisotopic (exact) mass is 367 g/mol. The third kappa shape index (κ3) is 5.06. The van der Waals surface area contributed by atoms with Crippen LogP contribution in [0.15, 0.2) is 47.7 Å². The van der Waals surface area contributed by atoms with Crippen molar-refractivity contribution in [3.63, 3.8) is 0 Å². The summed E-state index contributed by atoms with van der Waals surface area (Å²) < 4.78 is 1.67. The summed E-state index contributed by atoms with van der Waals surface area (Å²) in [4.78, 5) is 31.3. The Bertz CT molecular complexity index is 850. The zero-order valence-corrected chi connectivity index (χ0v) is 16.1. The first kappa shape index (κ1) is 19.3. The third-order valence-electron chi connectivity index (χ3n) is 5.44. The number of nitrogens with zero attached hydrogens (tertiary/aromatic N) is 3. The van der Waals surface area contributed by atoms with Gasteiger partial charge < -0.3 is 4.90 Å². The summed E-state index contributed by atoms with van der Waals surface area (Å²) in [6.07, 6.45) is 11.8. The molecule has 0 unspecified atom stereocenters. The topological polar surface area (TPSA) is 55.2 Å². The lowest BCUT2D eigenvalue weighted by molar-refractivity contribution is -0.119. The van der Waals surface area contributed by atoms with Gasteiger partial charge in [-0.25, -0.2) is 4.98 Å². The lowest BCUT2D eigenvalue weighted by atomic mass is 9.86. The van der Waals surface area contributed by atoms with E-state index in [-0.39, 0.29) is 17.3 Å². The van der Waals surface area contributed by atoms with Crippen LogP contribution in [0.1, 0.15) is 45.4 Å². The van der Waals surface area contributed by atoms with E-state index < -0.39 is 0 Å². The second-order valence-electron chi connectivity index (χ2n) is 7.30. The molecule has 1 heterocycles. The van der Waals surface area contributed by atoms with Crippen LogP contribution in [0, 0.1) is 5.92 Å². The van der Waals surface area contributed by atoms with Gasteiger partial charge in [0.05, 0.1) is 17.2 Å². The number of fused-ring (bicyclic) bond motifs is 1. The van der Waals surface area contributed by atoms with Gasteiger partial charge in [-0.05, 0) is 44.4 Å². The van der Waals surface area contributed by atoms with Crippen LogP contribution in [0.25, 0.3) is 10.9 Å². The second kappa shape index (κ2) is 9.49. The first-order valence-corrected chi connectivity index (χ1v) is 10.1. The molecule has 144 valence electrons. The third-order valence-corrected chi connectivity index (χ3v) is 5.44. The van der Waals surface area contributed by atoms with Crippen LogP contribution < -0.4 is 5.56 Å². The molecule has 5 nitrogen and oxygen atoms in total. The lowest BCUT2D eigenvalue weighted by Crippen LogP contribution is -2.25. The highest BCUT2D eigenvalue weighted by atomic mass is 16.1. The molecule has 3 rings (SSSR count). The number of aryl methyl sites for hydroxylation is 1. The number of hydrogen-bond donors (Lipinski definition) is 0. The Hall–Kier alpha value is -2.43. The molecule has 1 aliphatic rings. The Morgan fingerprint density at radius 1 is 1.26 bits per heavy atom. The predicted octanol–water partition coefficient (Wildman–Crippen LogP) is 3.77. The highest BCUT2D eigenvalue weighted by Gasteiger charge is 2.18. The van der Waals surface area contributed by atoms with E-state index in [9.17, 15) is 9.59 Å². The zero-order chi connectivity index (χ0) is 19.1. The summed E-state index contributed by atoms with van der Waals surface area (Å²) in [5, 5.41) is 0.658. The molecule has 1 aliphatic carbocycles. The Balaban J connectivity index is 1.53. The maximum absolute atomic E-state index is 12.5. The number of rotatable bonds is 8. The minimum Gasteiger partial charge on any atom is -0.377 e. The number of benzene rings is 1. The van der Waals surface area contributed by atoms with E-state index >= 15 is 0 Å². The molecular formula is C22H29N3O2. The first-order valence-electron chi connectivity index (χ1n) is 10.1. The van der Waals surface area contributed by atoms with Gasteiger partial charge in [0.2, 0.25) is 0 Å². The van der Waals surface area contributed by atoms with Crippen molar-refractivity contribution >= 4 is 16.7 Å². The predicted molar refractivity (Wildman–Crippen MR) is 109 cm³/mol. The molecule has 1 fully saturated rings. The molecule has 0 amide bonds. The van der Waals surface area contributed by atoms with Gasteiger partial charge >= 0.3 is 0 Å². The summed E-state index contributed by atoms with van der Waals surface area (Å²) in [6, 6.07) is 7.43. The summed E-state index contributed by atoms with van der Waals surface area (Å²) in [7, 11) is 0. The van der Waals surface area contributed by atoms with Crippen molar-refractivity contribution in [1.29, 1.82) is 0 Å². The molecule has 5 heteroatoms. The fraction of sp³-hybridized carbons (Fsp3) is 0.500. The number of ketones is 1. The molecule has 0 bridgehead atoms. The van der Waals surface area contributed by atoms with Crippen LogP contribution in [-0.4, -0.2) is 33.3 Å². The zero-order valence-electron chi connectivity index (χ0n) is 16.1. The van der Waals surface area contributed by atoms with Gasteiger partial charge in [0.1, 0.15) is 0 Å². The van der Waals surface area contributed by atoms with Crippen molar-refractivity contribution in [3.8, 4) is 0 Å². The van der Waals surface area contributed by atoms with Gasteiger partial charge in [0.25, 0.3) is 5.56 Å². The van der Waals surface area contributed by atoms with Crippen LogP contribution in [0.2, 0.25) is 0 Å². The molecule has 27 heavy (non-hydrogen) atoms. The first-order chi connectivity index (χ1) is 13.2. The molecule has 0 spiro atoms. The SMILES string of the molecule is CCN(/C=C/C(=O)C1CCCCC1)CCCn1cnc2ccccc2c1=O. The molecule has 0 aliphatic heterocycles. The average molecular weight is 367 g/mol. The molecular weight excluding hydrogens is 338 g/mol. The minimum absolute atomic E-state index is 0.00617. The van der Waals surface area contributed by atoms with Crippen molar-refractivity contribution in [2.24, 2.45) is 5.92 Å². The van der Waals surface area contributed by atoms with Gasteiger partial charge in [0, 0.05) is 31.8 Å². The van der Waals surface area contributed by atoms with Gasteiger partial charge in [-0.2, -0.15) is 0 Å². The van der Waals surface area contributed by atoms with Gasteiger partial charge in [0.15, 0.2) is 5.78 Å². The average Bonchev–Trinajstić information content (AvgIpc) is 2.72. The van der Waals surface area contributed by atoms with E-state index in [0.29, 0.717) is 11.9 Å². The van der Waals surface area contributed by atoms with Crippen molar-refractivity contribution < 1.29 is 4.79 Å². The van der Waals surface area contributed by atoms with Gasteiger partial charge in [-0.1, -0.05) is 31.4 Å². The second-order valence-corrected chi connectivity index (χ2v) is 7.30. The lowest BCUT2D eigenvalue weighted by Gasteiger charge is -2.21. The Kier molecular flexibility index (Phi) is 6.80. The summed E-state index contributed by atoms with van der Waals surface area (Å²) in [5.74, 6) is 0.485. The fourth-order valence-corrected chi connectivity index (χ4v) is 3.75. The van der Waals surface area contributed by atoms with Crippen LogP contribution in [0.5, 0.6) is 0 Å². The standard InChI is InChI=1S/C22H29N3O2/c1-2-24(16-13-21(26)18-9-4-3-5-10-18)14-8-15-25-17-23-20-12-7-6-11-19(20)22(25)27/h6-7,11-13,16-18H,2-5,8-10,14-15H2,1H3/b16-13+. The maximum Gasteiger partial charge on any atom is 0.261 e. The molecule has 0 N–H and O–H groups in total. The highest BCUT2D eigenvalue weighted by Crippen LogP contribution is 2.24. The Labute approximate surface area is 160 Å². The van der Waals surface area contributed by atoms with E-state index in [0.717, 1.165) is 37.9 Å². The van der Waals surface area contributed by atoms with Crippen molar-refractivity contribution in [3.05, 3.63) is 53.2 Å². The summed E-state index contributed by atoms with van der Waals surface area (Å²) in [5.41, 5.74) is 0.741. The number of aromatic nitrogens is 2. The van der Waals surface area contributed by atoms with Crippen LogP contribution in [0.4, 0.5) is 0 Å². The fourth-order valence-electron chi connectivity index (χ4n) is 3.75. The van der Waals surface area contributed by atoms with Crippen LogP contribution in [0.3, 0.4) is 0 Å². The molecule has 1 aromatic heterocycles. The van der Waals surface area contributed by atoms with Crippen molar-refractivity contribution in [2.75, 3.05) is 13.1 Å². The molecule has 0 radical (unpaired) electrons. The maximum atomic E-state index is 12.5. The van der Waals surface area contributed by atoms with Crippen molar-refractivity contribution in [2.45, 2.75) is 52.0 Å². The molecule has 1 aromatic carbocycles. The minimum atomic E-state index is 0.00617. The summed E-state index contributed by atoms with van der Waals surface area (Å²) >= 11 is 0. The smallest absolute Gasteiger partial charge is 0.261 e. The van der Waals surface area contributed by atoms with Gasteiger partial charge in [-0.3, -0.25) is 14.2 Å². The molecule has 1 saturated carbocycles. The van der Waals surface area contributed by atoms with E-state index in [4.69, 9.17) is 0 Å². The van der Waals surface area contributed by atoms with E-state index in [1.165, 1.54) is 19.3 Å². The molecule has 0 atom stereocenters. The van der Waals surface area contributed by atoms with E-state index in [1.807, 2.05) is 30.5 Å². The number of carbonyl (C=O) groups is 1. The van der Waals surface area contributed by atoms with E-state index in [1.54, 1.807) is 17.0 Å². The molecule has 2 aromatic rings. The Morgan fingerprint density at radius 3 is 2.81 bits per heavy atom. The molecule has 0 saturated heterocycles. The Morgan fingerprint density at radius 2 is 2.04 bits per heavy atom. The van der Waals surface area contributed by atoms with E-state index in [2.05, 4.69) is 16.8 Å². The van der Waals surface area contributed by atoms with Crippen LogP contribution >= 0.6 is 0 Å². The number of allylic oxidation sites excluding steroid dienone is 1. The number of carbonyl (C=O) groups excluding carboxylic acids is 1. The largest absolute Gasteiger partial charge is 0.377 e. The quantitative estimate of drug-likeness (QED) is 0.667. The highest BCUT2D eigenvalue weighted by molar-refractivity contribution is 5.91. The number of hydrogen-bond acceptors (Lipinski definition) is 4. The summed E-state index contributed by atoms with van der Waals surface area (Å²) in [6.45, 7) is 4.36. The van der Waals surface area contributed by atoms with Crippen LogP contribution in [-0.2, 0) is 11.3 Å². The van der Waals surface area contributed by atoms with Gasteiger partial charge in [-0.15, -0.1) is 0 Å².